The van der Waals surface area contributed by atoms with E-state index >= 15 is 0 Å². The van der Waals surface area contributed by atoms with Gasteiger partial charge in [0.2, 0.25) is 5.91 Å². The Morgan fingerprint density at radius 3 is 2.42 bits per heavy atom. The zero-order valence-corrected chi connectivity index (χ0v) is 11.2. The van der Waals surface area contributed by atoms with E-state index in [4.69, 9.17) is 0 Å². The van der Waals surface area contributed by atoms with Crippen molar-refractivity contribution in [2.24, 2.45) is 5.92 Å². The van der Waals surface area contributed by atoms with Crippen LogP contribution in [0.15, 0.2) is 29.2 Å². The molecule has 0 atom stereocenters. The lowest BCUT2D eigenvalue weighted by molar-refractivity contribution is -0.120. The van der Waals surface area contributed by atoms with Crippen LogP contribution in [0.5, 0.6) is 0 Å². The van der Waals surface area contributed by atoms with Crippen LogP contribution in [0.25, 0.3) is 0 Å². The minimum absolute atomic E-state index is 0.0144. The van der Waals surface area contributed by atoms with Gasteiger partial charge in [-0.1, -0.05) is 31.4 Å². The highest BCUT2D eigenvalue weighted by molar-refractivity contribution is 7.86. The zero-order chi connectivity index (χ0) is 13.9. The maximum absolute atomic E-state index is 13.1. The molecule has 1 aliphatic carbocycles. The number of halogens is 1. The molecule has 1 amide bonds. The average molecular weight is 285 g/mol. The van der Waals surface area contributed by atoms with Crippen LogP contribution in [0.4, 0.5) is 9.57 Å². The van der Waals surface area contributed by atoms with Gasteiger partial charge >= 0.3 is 10.2 Å². The normalized spacial score (nSPS) is 17.1. The number of para-hydroxylation sites is 1. The SMILES string of the molecule is O=C(Nc1ccccc1S(=O)(=O)F)C1CCCCC1. The van der Waals surface area contributed by atoms with Gasteiger partial charge in [-0.05, 0) is 25.0 Å². The van der Waals surface area contributed by atoms with Crippen molar-refractivity contribution in [3.8, 4) is 0 Å². The van der Waals surface area contributed by atoms with E-state index in [0.717, 1.165) is 38.2 Å². The second kappa shape index (κ2) is 5.69. The molecule has 104 valence electrons. The Labute approximate surface area is 112 Å². The summed E-state index contributed by atoms with van der Waals surface area (Å²) in [6.07, 6.45) is 4.73. The molecule has 0 aromatic heterocycles. The van der Waals surface area contributed by atoms with Crippen LogP contribution < -0.4 is 5.32 Å². The van der Waals surface area contributed by atoms with Crippen molar-refractivity contribution >= 4 is 21.8 Å². The van der Waals surface area contributed by atoms with Gasteiger partial charge in [0.15, 0.2) is 0 Å². The number of nitrogens with one attached hydrogen (secondary N) is 1. The third kappa shape index (κ3) is 3.53. The molecule has 0 aliphatic heterocycles. The molecular formula is C13H16FNO3S. The molecular weight excluding hydrogens is 269 g/mol. The summed E-state index contributed by atoms with van der Waals surface area (Å²) in [6.45, 7) is 0. The van der Waals surface area contributed by atoms with Crippen LogP contribution in [-0.4, -0.2) is 14.3 Å². The second-order valence-electron chi connectivity index (χ2n) is 4.76. The van der Waals surface area contributed by atoms with E-state index in [1.807, 2.05) is 0 Å². The lowest BCUT2D eigenvalue weighted by Crippen LogP contribution is -2.25. The molecule has 0 radical (unpaired) electrons. The van der Waals surface area contributed by atoms with E-state index in [0.29, 0.717) is 0 Å². The van der Waals surface area contributed by atoms with Gasteiger partial charge in [0.1, 0.15) is 4.90 Å². The number of carbonyl (C=O) groups excluding carboxylic acids is 1. The van der Waals surface area contributed by atoms with Crippen LogP contribution in [0.2, 0.25) is 0 Å². The summed E-state index contributed by atoms with van der Waals surface area (Å²) in [6, 6.07) is 5.52. The second-order valence-corrected chi connectivity index (χ2v) is 6.07. The van der Waals surface area contributed by atoms with Crippen LogP contribution in [0.3, 0.4) is 0 Å². The van der Waals surface area contributed by atoms with Gasteiger partial charge in [-0.15, -0.1) is 3.89 Å². The summed E-state index contributed by atoms with van der Waals surface area (Å²) < 4.78 is 35.1. The summed E-state index contributed by atoms with van der Waals surface area (Å²) in [5, 5.41) is 2.53. The molecule has 2 rings (SSSR count). The molecule has 1 fully saturated rings. The largest absolute Gasteiger partial charge is 0.334 e. The highest BCUT2D eigenvalue weighted by atomic mass is 32.3. The van der Waals surface area contributed by atoms with Crippen LogP contribution in [0, 0.1) is 5.92 Å². The molecule has 1 saturated carbocycles. The Morgan fingerprint density at radius 2 is 1.79 bits per heavy atom. The van der Waals surface area contributed by atoms with Gasteiger partial charge in [0.05, 0.1) is 5.69 Å². The Morgan fingerprint density at radius 1 is 1.16 bits per heavy atom. The van der Waals surface area contributed by atoms with E-state index in [1.165, 1.54) is 12.1 Å². The monoisotopic (exact) mass is 285 g/mol. The minimum Gasteiger partial charge on any atom is -0.325 e. The number of benzene rings is 1. The Hall–Kier alpha value is -1.43. The number of anilines is 1. The molecule has 0 saturated heterocycles. The minimum atomic E-state index is -4.82. The van der Waals surface area contributed by atoms with Crippen molar-refractivity contribution < 1.29 is 17.1 Å². The van der Waals surface area contributed by atoms with Gasteiger partial charge in [0, 0.05) is 5.92 Å². The predicted molar refractivity (Wildman–Crippen MR) is 69.9 cm³/mol. The van der Waals surface area contributed by atoms with Gasteiger partial charge in [-0.25, -0.2) is 0 Å². The van der Waals surface area contributed by atoms with Gasteiger partial charge < -0.3 is 5.32 Å². The first-order chi connectivity index (χ1) is 8.98. The van der Waals surface area contributed by atoms with Crippen molar-refractivity contribution in [2.45, 2.75) is 37.0 Å². The Bertz CT molecular complexity index is 565. The summed E-state index contributed by atoms with van der Waals surface area (Å²) in [4.78, 5) is 11.5. The highest BCUT2D eigenvalue weighted by Crippen LogP contribution is 2.27. The van der Waals surface area contributed by atoms with Crippen molar-refractivity contribution in [3.05, 3.63) is 24.3 Å². The molecule has 1 N–H and O–H groups in total. The van der Waals surface area contributed by atoms with Gasteiger partial charge in [-0.2, -0.15) is 8.42 Å². The fraction of sp³-hybridized carbons (Fsp3) is 0.462. The third-order valence-corrected chi connectivity index (χ3v) is 4.26. The van der Waals surface area contributed by atoms with E-state index < -0.39 is 15.1 Å². The molecule has 4 nitrogen and oxygen atoms in total. The zero-order valence-electron chi connectivity index (χ0n) is 10.4. The molecule has 0 unspecified atom stereocenters. The maximum atomic E-state index is 13.1. The standard InChI is InChI=1S/C13H16FNO3S/c14-19(17,18)12-9-5-4-8-11(12)15-13(16)10-6-2-1-3-7-10/h4-5,8-10H,1-3,6-7H2,(H,15,16). The first-order valence-electron chi connectivity index (χ1n) is 6.33. The number of rotatable bonds is 3. The van der Waals surface area contributed by atoms with E-state index in [2.05, 4.69) is 5.32 Å². The number of carbonyl (C=O) groups is 1. The van der Waals surface area contributed by atoms with E-state index in [1.54, 1.807) is 6.07 Å². The molecule has 1 aromatic rings. The number of hydrogen-bond acceptors (Lipinski definition) is 3. The van der Waals surface area contributed by atoms with Crippen LogP contribution in [-0.2, 0) is 15.0 Å². The first kappa shape index (κ1) is 14.0. The van der Waals surface area contributed by atoms with Crippen LogP contribution >= 0.6 is 0 Å². The molecule has 0 spiro atoms. The fourth-order valence-corrected chi connectivity index (χ4v) is 3.00. The van der Waals surface area contributed by atoms with Gasteiger partial charge in [0.25, 0.3) is 0 Å². The Balaban J connectivity index is 2.17. The number of hydrogen-bond donors (Lipinski definition) is 1. The molecule has 19 heavy (non-hydrogen) atoms. The molecule has 1 aliphatic rings. The molecule has 6 heteroatoms. The summed E-state index contributed by atoms with van der Waals surface area (Å²) in [5.74, 6) is -0.333. The van der Waals surface area contributed by atoms with Crippen LogP contribution in [0.1, 0.15) is 32.1 Å². The third-order valence-electron chi connectivity index (χ3n) is 3.38. The smallest absolute Gasteiger partial charge is 0.325 e. The van der Waals surface area contributed by atoms with E-state index in [9.17, 15) is 17.1 Å². The van der Waals surface area contributed by atoms with Crippen molar-refractivity contribution in [3.63, 3.8) is 0 Å². The van der Waals surface area contributed by atoms with Gasteiger partial charge in [-0.3, -0.25) is 4.79 Å². The quantitative estimate of drug-likeness (QED) is 0.869. The summed E-state index contributed by atoms with van der Waals surface area (Å²) >= 11 is 0. The van der Waals surface area contributed by atoms with Crippen molar-refractivity contribution in [1.29, 1.82) is 0 Å². The first-order valence-corrected chi connectivity index (χ1v) is 7.71. The fourth-order valence-electron chi connectivity index (χ4n) is 2.38. The molecule has 1 aromatic carbocycles. The van der Waals surface area contributed by atoms with Crippen molar-refractivity contribution in [2.75, 3.05) is 5.32 Å². The Kier molecular flexibility index (Phi) is 4.19. The van der Waals surface area contributed by atoms with E-state index in [-0.39, 0.29) is 17.5 Å². The lowest BCUT2D eigenvalue weighted by atomic mass is 9.88. The topological polar surface area (TPSA) is 63.2 Å². The van der Waals surface area contributed by atoms with Crippen molar-refractivity contribution in [1.82, 2.24) is 0 Å². The number of amides is 1. The average Bonchev–Trinajstić information content (AvgIpc) is 2.39. The molecule has 0 heterocycles. The summed E-state index contributed by atoms with van der Waals surface area (Å²) in [5.41, 5.74) is 0.0144. The predicted octanol–water partition coefficient (Wildman–Crippen LogP) is 2.86. The summed E-state index contributed by atoms with van der Waals surface area (Å²) in [7, 11) is -4.82. The maximum Gasteiger partial charge on any atom is 0.334 e. The molecule has 0 bridgehead atoms. The highest BCUT2D eigenvalue weighted by Gasteiger charge is 2.24. The lowest BCUT2D eigenvalue weighted by Gasteiger charge is -2.21.